The molecule has 33 heavy (non-hydrogen) atoms. The standard InChI is InChI=1S/C26H20N6O/c1-26(2,14-27)18-7-3-15(4-8-18)24-23-19-11-16(17-6-10-21(25(28)33)29-12-17)5-9-20(19)30-13-22(23)31-32-24/h3-13H,1-2H3,(H2,28,33)(H,31,32). The van der Waals surface area contributed by atoms with E-state index in [1.807, 2.05) is 56.3 Å². The Bertz CT molecular complexity index is 1560. The van der Waals surface area contributed by atoms with Gasteiger partial charge in [0.25, 0.3) is 5.91 Å². The number of nitrogens with zero attached hydrogens (tertiary/aromatic N) is 4. The van der Waals surface area contributed by atoms with Gasteiger partial charge in [0.2, 0.25) is 0 Å². The molecule has 7 nitrogen and oxygen atoms in total. The summed E-state index contributed by atoms with van der Waals surface area (Å²) < 4.78 is 0. The Hall–Kier alpha value is -4.57. The number of nitriles is 1. The maximum absolute atomic E-state index is 11.3. The van der Waals surface area contributed by atoms with E-state index < -0.39 is 11.3 Å². The maximum Gasteiger partial charge on any atom is 0.267 e. The third-order valence-corrected chi connectivity index (χ3v) is 5.90. The van der Waals surface area contributed by atoms with Crippen LogP contribution >= 0.6 is 0 Å². The summed E-state index contributed by atoms with van der Waals surface area (Å²) in [5, 5.41) is 19.0. The van der Waals surface area contributed by atoms with Crippen LogP contribution in [0.25, 0.3) is 44.2 Å². The van der Waals surface area contributed by atoms with Crippen LogP contribution < -0.4 is 5.73 Å². The molecule has 3 heterocycles. The molecule has 0 aliphatic carbocycles. The first-order valence-corrected chi connectivity index (χ1v) is 10.4. The summed E-state index contributed by atoms with van der Waals surface area (Å²) in [6.45, 7) is 3.80. The Labute approximate surface area is 189 Å². The Kier molecular flexibility index (Phi) is 4.64. The molecule has 160 valence electrons. The number of rotatable bonds is 4. The number of nitrogens with one attached hydrogen (secondary N) is 1. The molecule has 0 unspecified atom stereocenters. The van der Waals surface area contributed by atoms with Gasteiger partial charge in [-0.05, 0) is 43.2 Å². The van der Waals surface area contributed by atoms with Crippen LogP contribution in [0.5, 0.6) is 0 Å². The van der Waals surface area contributed by atoms with E-state index in [1.165, 1.54) is 0 Å². The molecule has 2 aromatic carbocycles. The Morgan fingerprint density at radius 1 is 0.970 bits per heavy atom. The van der Waals surface area contributed by atoms with Crippen molar-refractivity contribution in [3.8, 4) is 28.5 Å². The van der Waals surface area contributed by atoms with Crippen molar-refractivity contribution in [3.63, 3.8) is 0 Å². The number of hydrogen-bond donors (Lipinski definition) is 2. The summed E-state index contributed by atoms with van der Waals surface area (Å²) >= 11 is 0. The summed E-state index contributed by atoms with van der Waals surface area (Å²) in [4.78, 5) is 20.0. The molecule has 0 saturated heterocycles. The minimum atomic E-state index is -0.560. The third kappa shape index (κ3) is 3.48. The van der Waals surface area contributed by atoms with E-state index in [-0.39, 0.29) is 5.69 Å². The second-order valence-electron chi connectivity index (χ2n) is 8.46. The Morgan fingerprint density at radius 3 is 2.36 bits per heavy atom. The quantitative estimate of drug-likeness (QED) is 0.425. The molecule has 3 aromatic heterocycles. The summed E-state index contributed by atoms with van der Waals surface area (Å²) in [6, 6.07) is 19.7. The maximum atomic E-state index is 11.3. The number of H-pyrrole nitrogens is 1. The molecule has 0 aliphatic rings. The van der Waals surface area contributed by atoms with Crippen LogP contribution in [0, 0.1) is 11.3 Å². The number of aromatic amines is 1. The van der Waals surface area contributed by atoms with Crippen LogP contribution in [0.3, 0.4) is 0 Å². The number of benzene rings is 2. The van der Waals surface area contributed by atoms with Crippen molar-refractivity contribution in [2.45, 2.75) is 19.3 Å². The number of fused-ring (bicyclic) bond motifs is 3. The lowest BCUT2D eigenvalue weighted by Crippen LogP contribution is -2.13. The molecule has 0 spiro atoms. The molecule has 0 bridgehead atoms. The summed E-state index contributed by atoms with van der Waals surface area (Å²) in [5.74, 6) is -0.557. The number of aromatic nitrogens is 4. The highest BCUT2D eigenvalue weighted by Gasteiger charge is 2.20. The van der Waals surface area contributed by atoms with Crippen LogP contribution in [0.15, 0.2) is 67.0 Å². The fourth-order valence-corrected chi connectivity index (χ4v) is 3.91. The number of hydrogen-bond acceptors (Lipinski definition) is 5. The van der Waals surface area contributed by atoms with E-state index >= 15 is 0 Å². The highest BCUT2D eigenvalue weighted by Crippen LogP contribution is 2.34. The fraction of sp³-hybridized carbons (Fsp3) is 0.115. The zero-order valence-corrected chi connectivity index (χ0v) is 18.1. The van der Waals surface area contributed by atoms with Gasteiger partial charge in [-0.15, -0.1) is 0 Å². The van der Waals surface area contributed by atoms with Crippen LogP contribution in [-0.2, 0) is 5.41 Å². The molecule has 3 N–H and O–H groups in total. The number of carbonyl (C=O) groups is 1. The SMILES string of the molecule is CC(C)(C#N)c1ccc(-c2n[nH]c3cnc4ccc(-c5ccc(C(N)=O)nc5)cc4c23)cc1. The lowest BCUT2D eigenvalue weighted by atomic mass is 9.86. The molecule has 0 fully saturated rings. The highest BCUT2D eigenvalue weighted by molar-refractivity contribution is 6.11. The number of nitrogens with two attached hydrogens (primary N) is 1. The summed E-state index contributed by atoms with van der Waals surface area (Å²) in [5.41, 5.74) is 11.2. The predicted molar refractivity (Wildman–Crippen MR) is 127 cm³/mol. The highest BCUT2D eigenvalue weighted by atomic mass is 16.1. The average Bonchev–Trinajstić information content (AvgIpc) is 3.28. The van der Waals surface area contributed by atoms with Crippen LogP contribution in [0.2, 0.25) is 0 Å². The van der Waals surface area contributed by atoms with Crippen molar-refractivity contribution in [1.29, 1.82) is 5.26 Å². The second-order valence-corrected chi connectivity index (χ2v) is 8.46. The smallest absolute Gasteiger partial charge is 0.267 e. The van der Waals surface area contributed by atoms with E-state index in [0.717, 1.165) is 49.8 Å². The fourth-order valence-electron chi connectivity index (χ4n) is 3.91. The van der Waals surface area contributed by atoms with Crippen LogP contribution in [0.1, 0.15) is 29.9 Å². The van der Waals surface area contributed by atoms with Crippen molar-refractivity contribution >= 4 is 27.7 Å². The molecule has 5 aromatic rings. The average molecular weight is 432 g/mol. The van der Waals surface area contributed by atoms with Crippen LogP contribution in [0.4, 0.5) is 0 Å². The lowest BCUT2D eigenvalue weighted by molar-refractivity contribution is 0.0995. The van der Waals surface area contributed by atoms with Crippen molar-refractivity contribution in [1.82, 2.24) is 20.2 Å². The first-order valence-electron chi connectivity index (χ1n) is 10.4. The first kappa shape index (κ1) is 20.3. The van der Waals surface area contributed by atoms with Crippen molar-refractivity contribution < 1.29 is 4.79 Å². The molecule has 0 radical (unpaired) electrons. The van der Waals surface area contributed by atoms with Gasteiger partial charge in [0, 0.05) is 28.1 Å². The molecule has 0 atom stereocenters. The van der Waals surface area contributed by atoms with Crippen molar-refractivity contribution in [3.05, 3.63) is 78.2 Å². The topological polar surface area (TPSA) is 121 Å². The zero-order chi connectivity index (χ0) is 23.2. The van der Waals surface area contributed by atoms with Gasteiger partial charge in [-0.2, -0.15) is 10.4 Å². The molecule has 0 aliphatic heterocycles. The molecule has 7 heteroatoms. The van der Waals surface area contributed by atoms with Gasteiger partial charge >= 0.3 is 0 Å². The van der Waals surface area contributed by atoms with Gasteiger partial charge in [-0.25, -0.2) is 0 Å². The predicted octanol–water partition coefficient (Wildman–Crippen LogP) is 4.74. The largest absolute Gasteiger partial charge is 0.364 e. The van der Waals surface area contributed by atoms with Gasteiger partial charge < -0.3 is 5.73 Å². The van der Waals surface area contributed by atoms with Gasteiger partial charge in [-0.1, -0.05) is 36.4 Å². The molecular weight excluding hydrogens is 412 g/mol. The second kappa shape index (κ2) is 7.53. The van der Waals surface area contributed by atoms with E-state index in [0.29, 0.717) is 0 Å². The van der Waals surface area contributed by atoms with E-state index in [4.69, 9.17) is 5.73 Å². The lowest BCUT2D eigenvalue weighted by Gasteiger charge is -2.15. The van der Waals surface area contributed by atoms with Gasteiger partial charge in [-0.3, -0.25) is 19.9 Å². The van der Waals surface area contributed by atoms with Crippen molar-refractivity contribution in [2.24, 2.45) is 5.73 Å². The minimum absolute atomic E-state index is 0.226. The van der Waals surface area contributed by atoms with Crippen molar-refractivity contribution in [2.75, 3.05) is 0 Å². The van der Waals surface area contributed by atoms with Gasteiger partial charge in [0.15, 0.2) is 0 Å². The number of primary amides is 1. The molecule has 5 rings (SSSR count). The van der Waals surface area contributed by atoms with E-state index in [9.17, 15) is 10.1 Å². The Morgan fingerprint density at radius 2 is 1.70 bits per heavy atom. The van der Waals surface area contributed by atoms with Crippen LogP contribution in [-0.4, -0.2) is 26.1 Å². The monoisotopic (exact) mass is 432 g/mol. The molecule has 1 amide bonds. The normalized spacial score (nSPS) is 11.5. The third-order valence-electron chi connectivity index (χ3n) is 5.90. The summed E-state index contributed by atoms with van der Waals surface area (Å²) in [6.07, 6.45) is 3.42. The summed E-state index contributed by atoms with van der Waals surface area (Å²) in [7, 11) is 0. The van der Waals surface area contributed by atoms with E-state index in [1.54, 1.807) is 18.5 Å². The first-order chi connectivity index (χ1) is 15.9. The van der Waals surface area contributed by atoms with E-state index in [2.05, 4.69) is 32.3 Å². The van der Waals surface area contributed by atoms with Gasteiger partial charge in [0.05, 0.1) is 28.7 Å². The number of pyridine rings is 2. The number of carbonyl (C=O) groups excluding carboxylic acids is 1. The zero-order valence-electron chi connectivity index (χ0n) is 18.1. The van der Waals surface area contributed by atoms with Gasteiger partial charge in [0.1, 0.15) is 11.4 Å². The Balaban J connectivity index is 1.65. The minimum Gasteiger partial charge on any atom is -0.364 e. The molecule has 0 saturated carbocycles. The number of amides is 1. The molecular formula is C26H20N6O.